The monoisotopic (exact) mass is 408 g/mol. The van der Waals surface area contributed by atoms with Crippen LogP contribution in [-0.4, -0.2) is 28.0 Å². The molecule has 1 N–H and O–H groups in total. The molecular formula is C18H11Cl2FN2O4. The molecule has 1 aliphatic rings. The van der Waals surface area contributed by atoms with Gasteiger partial charge in [-0.25, -0.2) is 13.9 Å². The van der Waals surface area contributed by atoms with Crippen LogP contribution in [0.3, 0.4) is 0 Å². The van der Waals surface area contributed by atoms with Gasteiger partial charge in [0.05, 0.1) is 24.1 Å². The van der Waals surface area contributed by atoms with E-state index in [0.717, 1.165) is 0 Å². The molecule has 9 heteroatoms. The maximum atomic E-state index is 14.3. The largest absolute Gasteiger partial charge is 0.494 e. The predicted octanol–water partition coefficient (Wildman–Crippen LogP) is 4.58. The van der Waals surface area contributed by atoms with E-state index in [9.17, 15) is 14.3 Å². The Labute approximate surface area is 162 Å². The van der Waals surface area contributed by atoms with Gasteiger partial charge in [-0.3, -0.25) is 0 Å². The van der Waals surface area contributed by atoms with Gasteiger partial charge in [-0.2, -0.15) is 5.10 Å². The van der Waals surface area contributed by atoms with Gasteiger partial charge < -0.3 is 14.6 Å². The molecule has 2 aromatic carbocycles. The lowest BCUT2D eigenvalue weighted by Gasteiger charge is -2.20. The van der Waals surface area contributed by atoms with Crippen LogP contribution in [-0.2, 0) is 6.61 Å². The Bertz CT molecular complexity index is 1080. The van der Waals surface area contributed by atoms with Gasteiger partial charge in [-0.15, -0.1) is 0 Å². The van der Waals surface area contributed by atoms with Gasteiger partial charge in [0.1, 0.15) is 12.4 Å². The third kappa shape index (κ3) is 2.89. The molecule has 0 aliphatic carbocycles. The molecule has 0 saturated carbocycles. The van der Waals surface area contributed by atoms with Crippen LogP contribution in [0.1, 0.15) is 16.1 Å². The second-order valence-corrected chi connectivity index (χ2v) is 6.66. The lowest BCUT2D eigenvalue weighted by molar-refractivity contribution is 0.0687. The SMILES string of the molecule is COc1cc2c(cc1F)-c1c(c(C(=O)O)nn1-c1cc(Cl)cc(Cl)c1)CO2. The Morgan fingerprint density at radius 1 is 1.26 bits per heavy atom. The number of carbonyl (C=O) groups is 1. The summed E-state index contributed by atoms with van der Waals surface area (Å²) in [6.07, 6.45) is 0. The van der Waals surface area contributed by atoms with Gasteiger partial charge in [-0.1, -0.05) is 23.2 Å². The number of fused-ring (bicyclic) bond motifs is 3. The Kier molecular flexibility index (Phi) is 4.20. The van der Waals surface area contributed by atoms with Gasteiger partial charge in [-0.05, 0) is 24.3 Å². The highest BCUT2D eigenvalue weighted by atomic mass is 35.5. The predicted molar refractivity (Wildman–Crippen MR) is 96.8 cm³/mol. The number of ether oxygens (including phenoxy) is 2. The number of aromatic carboxylic acids is 1. The zero-order chi connectivity index (χ0) is 19.3. The van der Waals surface area contributed by atoms with E-state index in [1.807, 2.05) is 0 Å². The summed E-state index contributed by atoms with van der Waals surface area (Å²) >= 11 is 12.1. The zero-order valence-electron chi connectivity index (χ0n) is 13.8. The molecule has 138 valence electrons. The summed E-state index contributed by atoms with van der Waals surface area (Å²) in [7, 11) is 1.35. The molecule has 6 nitrogen and oxygen atoms in total. The maximum Gasteiger partial charge on any atom is 0.356 e. The first-order valence-electron chi connectivity index (χ1n) is 7.71. The van der Waals surface area contributed by atoms with E-state index in [1.54, 1.807) is 18.2 Å². The second kappa shape index (κ2) is 6.44. The minimum atomic E-state index is -1.22. The molecule has 4 rings (SSSR count). The van der Waals surface area contributed by atoms with Crippen molar-refractivity contribution in [1.82, 2.24) is 9.78 Å². The van der Waals surface area contributed by atoms with Gasteiger partial charge in [0.25, 0.3) is 0 Å². The summed E-state index contributed by atoms with van der Waals surface area (Å²) in [5.74, 6) is -1.46. The van der Waals surface area contributed by atoms with E-state index < -0.39 is 11.8 Å². The number of hydrogen-bond donors (Lipinski definition) is 1. The molecular weight excluding hydrogens is 398 g/mol. The van der Waals surface area contributed by atoms with Crippen molar-refractivity contribution in [1.29, 1.82) is 0 Å². The number of halogens is 3. The first-order chi connectivity index (χ1) is 12.9. The molecule has 27 heavy (non-hydrogen) atoms. The van der Waals surface area contributed by atoms with Gasteiger partial charge in [0.15, 0.2) is 17.3 Å². The number of carboxylic acid groups (broad SMARTS) is 1. The van der Waals surface area contributed by atoms with E-state index in [0.29, 0.717) is 38.3 Å². The van der Waals surface area contributed by atoms with E-state index in [-0.39, 0.29) is 18.1 Å². The molecule has 2 heterocycles. The molecule has 3 aromatic rings. The van der Waals surface area contributed by atoms with Crippen molar-refractivity contribution in [2.75, 3.05) is 7.11 Å². The van der Waals surface area contributed by atoms with Gasteiger partial charge >= 0.3 is 5.97 Å². The number of benzene rings is 2. The minimum Gasteiger partial charge on any atom is -0.494 e. The van der Waals surface area contributed by atoms with Crippen LogP contribution in [0.2, 0.25) is 10.0 Å². The molecule has 0 saturated heterocycles. The third-order valence-electron chi connectivity index (χ3n) is 4.16. The van der Waals surface area contributed by atoms with Crippen LogP contribution < -0.4 is 9.47 Å². The molecule has 0 spiro atoms. The van der Waals surface area contributed by atoms with E-state index in [1.165, 1.54) is 23.9 Å². The Morgan fingerprint density at radius 2 is 1.96 bits per heavy atom. The van der Waals surface area contributed by atoms with E-state index >= 15 is 0 Å². The van der Waals surface area contributed by atoms with Crippen LogP contribution in [0.5, 0.6) is 11.5 Å². The number of carboxylic acids is 1. The topological polar surface area (TPSA) is 73.6 Å². The Balaban J connectivity index is 2.03. The average Bonchev–Trinajstić information content (AvgIpc) is 3.00. The highest BCUT2D eigenvalue weighted by Gasteiger charge is 2.31. The van der Waals surface area contributed by atoms with Crippen molar-refractivity contribution < 1.29 is 23.8 Å². The fourth-order valence-corrected chi connectivity index (χ4v) is 3.54. The number of rotatable bonds is 3. The molecule has 0 unspecified atom stereocenters. The van der Waals surface area contributed by atoms with Crippen molar-refractivity contribution in [3.8, 4) is 28.4 Å². The highest BCUT2D eigenvalue weighted by molar-refractivity contribution is 6.34. The van der Waals surface area contributed by atoms with Crippen molar-refractivity contribution in [2.24, 2.45) is 0 Å². The van der Waals surface area contributed by atoms with Crippen molar-refractivity contribution in [3.05, 3.63) is 57.5 Å². The minimum absolute atomic E-state index is 0.0209. The Hall–Kier alpha value is -2.77. The summed E-state index contributed by atoms with van der Waals surface area (Å²) in [4.78, 5) is 11.7. The van der Waals surface area contributed by atoms with Crippen molar-refractivity contribution in [2.45, 2.75) is 6.61 Å². The normalized spacial score (nSPS) is 12.1. The summed E-state index contributed by atoms with van der Waals surface area (Å²) in [5, 5.41) is 14.4. The van der Waals surface area contributed by atoms with Crippen LogP contribution in [0.15, 0.2) is 30.3 Å². The number of methoxy groups -OCH3 is 1. The lowest BCUT2D eigenvalue weighted by atomic mass is 10.0. The second-order valence-electron chi connectivity index (χ2n) is 5.79. The van der Waals surface area contributed by atoms with Crippen molar-refractivity contribution in [3.63, 3.8) is 0 Å². The standard InChI is InChI=1S/C18H11Cl2FN2O4/c1-26-15-6-14-11(5-13(15)21)17-12(7-27-14)16(18(24)25)22-23(17)10-3-8(19)2-9(20)4-10/h2-6H,7H2,1H3,(H,24,25). The number of nitrogens with zero attached hydrogens (tertiary/aromatic N) is 2. The molecule has 0 atom stereocenters. The highest BCUT2D eigenvalue weighted by Crippen LogP contribution is 2.43. The van der Waals surface area contributed by atoms with E-state index in [4.69, 9.17) is 32.7 Å². The molecule has 1 aliphatic heterocycles. The summed E-state index contributed by atoms with van der Waals surface area (Å²) in [5.41, 5.74) is 1.33. The first-order valence-corrected chi connectivity index (χ1v) is 8.47. The summed E-state index contributed by atoms with van der Waals surface area (Å²) < 4.78 is 26.3. The molecule has 1 aromatic heterocycles. The molecule has 0 bridgehead atoms. The van der Waals surface area contributed by atoms with Gasteiger partial charge in [0.2, 0.25) is 0 Å². The van der Waals surface area contributed by atoms with Crippen LogP contribution in [0.4, 0.5) is 4.39 Å². The number of aromatic nitrogens is 2. The quantitative estimate of drug-likeness (QED) is 0.686. The maximum absolute atomic E-state index is 14.3. The molecule has 0 amide bonds. The van der Waals surface area contributed by atoms with Gasteiger partial charge in [0, 0.05) is 21.7 Å². The van der Waals surface area contributed by atoms with E-state index in [2.05, 4.69) is 5.10 Å². The molecule has 0 radical (unpaired) electrons. The summed E-state index contributed by atoms with van der Waals surface area (Å²) in [6, 6.07) is 7.35. The fourth-order valence-electron chi connectivity index (χ4n) is 3.03. The average molecular weight is 409 g/mol. The third-order valence-corrected chi connectivity index (χ3v) is 4.60. The fraction of sp³-hybridized carbons (Fsp3) is 0.111. The lowest BCUT2D eigenvalue weighted by Crippen LogP contribution is -2.10. The van der Waals surface area contributed by atoms with Crippen LogP contribution >= 0.6 is 23.2 Å². The van der Waals surface area contributed by atoms with Crippen LogP contribution in [0, 0.1) is 5.82 Å². The zero-order valence-corrected chi connectivity index (χ0v) is 15.3. The first kappa shape index (κ1) is 17.6. The number of hydrogen-bond acceptors (Lipinski definition) is 4. The smallest absolute Gasteiger partial charge is 0.356 e. The van der Waals surface area contributed by atoms with Crippen LogP contribution in [0.25, 0.3) is 16.9 Å². The molecule has 0 fully saturated rings. The Morgan fingerprint density at radius 3 is 2.59 bits per heavy atom. The summed E-state index contributed by atoms with van der Waals surface area (Å²) in [6.45, 7) is -0.0347. The van der Waals surface area contributed by atoms with Crippen molar-refractivity contribution >= 4 is 29.2 Å².